The predicted octanol–water partition coefficient (Wildman–Crippen LogP) is 1.96. The normalized spacial score (nSPS) is 17.8. The van der Waals surface area contributed by atoms with E-state index in [0.29, 0.717) is 0 Å². The van der Waals surface area contributed by atoms with Gasteiger partial charge in [0.25, 0.3) is 0 Å². The molecule has 3 heteroatoms. The molecule has 1 atom stereocenters. The molecule has 0 aromatic heterocycles. The van der Waals surface area contributed by atoms with Gasteiger partial charge in [-0.15, -0.1) is 0 Å². The van der Waals surface area contributed by atoms with Crippen LogP contribution in [0.5, 0.6) is 0 Å². The van der Waals surface area contributed by atoms with Gasteiger partial charge >= 0.3 is 0 Å². The molecule has 1 unspecified atom stereocenters. The number of likely N-dealkylation sites (tertiary alicyclic amines) is 1. The monoisotopic (exact) mass is 246 g/mol. The van der Waals surface area contributed by atoms with E-state index in [0.717, 1.165) is 19.4 Å². The summed E-state index contributed by atoms with van der Waals surface area (Å²) in [6.45, 7) is 6.16. The molecule has 98 valence electrons. The van der Waals surface area contributed by atoms with Gasteiger partial charge in [0, 0.05) is 13.1 Å². The van der Waals surface area contributed by atoms with E-state index in [1.807, 2.05) is 6.92 Å². The van der Waals surface area contributed by atoms with Crippen molar-refractivity contribution in [2.45, 2.75) is 38.9 Å². The van der Waals surface area contributed by atoms with Crippen molar-refractivity contribution in [1.29, 1.82) is 0 Å². The van der Waals surface area contributed by atoms with Crippen molar-refractivity contribution in [2.24, 2.45) is 0 Å². The van der Waals surface area contributed by atoms with E-state index in [1.165, 1.54) is 37.1 Å². The summed E-state index contributed by atoms with van der Waals surface area (Å²) in [4.78, 5) is 13.0. The number of hydrogen-bond acceptors (Lipinski definition) is 3. The zero-order valence-electron chi connectivity index (χ0n) is 11.1. The highest BCUT2D eigenvalue weighted by Crippen LogP contribution is 2.13. The van der Waals surface area contributed by atoms with Gasteiger partial charge in [-0.2, -0.15) is 0 Å². The number of rotatable bonds is 6. The Kier molecular flexibility index (Phi) is 4.90. The first-order valence-corrected chi connectivity index (χ1v) is 6.77. The maximum atomic E-state index is 10.5. The van der Waals surface area contributed by atoms with Crippen molar-refractivity contribution in [3.05, 3.63) is 35.4 Å². The first-order valence-electron chi connectivity index (χ1n) is 6.77. The minimum absolute atomic E-state index is 0.0747. The van der Waals surface area contributed by atoms with Crippen LogP contribution in [0.3, 0.4) is 0 Å². The van der Waals surface area contributed by atoms with Crippen LogP contribution in [0, 0.1) is 0 Å². The van der Waals surface area contributed by atoms with Crippen LogP contribution in [-0.4, -0.2) is 30.3 Å². The van der Waals surface area contributed by atoms with Crippen LogP contribution in [0.25, 0.3) is 0 Å². The highest BCUT2D eigenvalue weighted by molar-refractivity contribution is 5.56. The SMILES string of the molecule is CC(C=O)NCc1ccc(CN2CCCC2)cc1. The maximum absolute atomic E-state index is 10.5. The Morgan fingerprint density at radius 3 is 2.44 bits per heavy atom. The Labute approximate surface area is 109 Å². The lowest BCUT2D eigenvalue weighted by atomic mass is 10.1. The second-order valence-electron chi connectivity index (χ2n) is 5.11. The fourth-order valence-electron chi connectivity index (χ4n) is 2.29. The average molecular weight is 246 g/mol. The summed E-state index contributed by atoms with van der Waals surface area (Å²) in [5.41, 5.74) is 2.61. The van der Waals surface area contributed by atoms with Gasteiger partial charge in [-0.05, 0) is 44.0 Å². The lowest BCUT2D eigenvalue weighted by Crippen LogP contribution is -2.26. The van der Waals surface area contributed by atoms with Crippen molar-refractivity contribution in [3.63, 3.8) is 0 Å². The molecule has 0 aliphatic carbocycles. The molecule has 0 spiro atoms. The Hall–Kier alpha value is -1.19. The van der Waals surface area contributed by atoms with E-state index < -0.39 is 0 Å². The zero-order chi connectivity index (χ0) is 12.8. The Balaban J connectivity index is 1.82. The molecule has 0 amide bonds. The third kappa shape index (κ3) is 3.93. The summed E-state index contributed by atoms with van der Waals surface area (Å²) in [7, 11) is 0. The van der Waals surface area contributed by atoms with Crippen molar-refractivity contribution in [2.75, 3.05) is 13.1 Å². The molecule has 1 aliphatic rings. The quantitative estimate of drug-likeness (QED) is 0.779. The highest BCUT2D eigenvalue weighted by Gasteiger charge is 2.11. The minimum Gasteiger partial charge on any atom is -0.304 e. The summed E-state index contributed by atoms with van der Waals surface area (Å²) >= 11 is 0. The molecule has 2 rings (SSSR count). The van der Waals surface area contributed by atoms with Gasteiger partial charge in [-0.1, -0.05) is 24.3 Å². The van der Waals surface area contributed by atoms with Crippen LogP contribution in [0.4, 0.5) is 0 Å². The number of nitrogens with one attached hydrogen (secondary N) is 1. The summed E-state index contributed by atoms with van der Waals surface area (Å²) in [5, 5.41) is 3.16. The molecule has 0 bridgehead atoms. The molecule has 1 N–H and O–H groups in total. The van der Waals surface area contributed by atoms with E-state index in [4.69, 9.17) is 0 Å². The van der Waals surface area contributed by atoms with E-state index in [9.17, 15) is 4.79 Å². The van der Waals surface area contributed by atoms with Gasteiger partial charge in [-0.25, -0.2) is 0 Å². The molecule has 1 aromatic rings. The first-order chi connectivity index (χ1) is 8.78. The zero-order valence-corrected chi connectivity index (χ0v) is 11.1. The first kappa shape index (κ1) is 13.2. The molecule has 1 saturated heterocycles. The van der Waals surface area contributed by atoms with Gasteiger partial charge in [0.1, 0.15) is 6.29 Å². The number of carbonyl (C=O) groups excluding carboxylic acids is 1. The molecule has 0 radical (unpaired) electrons. The molecule has 1 fully saturated rings. The van der Waals surface area contributed by atoms with E-state index in [1.54, 1.807) is 0 Å². The lowest BCUT2D eigenvalue weighted by molar-refractivity contribution is -0.109. The summed E-state index contributed by atoms with van der Waals surface area (Å²) in [5.74, 6) is 0. The van der Waals surface area contributed by atoms with Gasteiger partial charge in [0.2, 0.25) is 0 Å². The molecule has 1 aromatic carbocycles. The topological polar surface area (TPSA) is 32.3 Å². The Bertz CT molecular complexity index is 369. The predicted molar refractivity (Wildman–Crippen MR) is 73.3 cm³/mol. The van der Waals surface area contributed by atoms with Crippen LogP contribution in [0.1, 0.15) is 30.9 Å². The number of hydrogen-bond donors (Lipinski definition) is 1. The summed E-state index contributed by atoms with van der Waals surface area (Å²) in [6, 6.07) is 8.61. The molecular weight excluding hydrogens is 224 g/mol. The van der Waals surface area contributed by atoms with Crippen LogP contribution in [-0.2, 0) is 17.9 Å². The summed E-state index contributed by atoms with van der Waals surface area (Å²) < 4.78 is 0. The molecule has 0 saturated carbocycles. The van der Waals surface area contributed by atoms with Crippen molar-refractivity contribution in [3.8, 4) is 0 Å². The van der Waals surface area contributed by atoms with Gasteiger partial charge < -0.3 is 10.1 Å². The number of aldehydes is 1. The standard InChI is InChI=1S/C15H22N2O/c1-13(12-18)16-10-14-4-6-15(7-5-14)11-17-8-2-3-9-17/h4-7,12-13,16H,2-3,8-11H2,1H3. The Morgan fingerprint density at radius 1 is 1.22 bits per heavy atom. The fourth-order valence-corrected chi connectivity index (χ4v) is 2.29. The van der Waals surface area contributed by atoms with E-state index >= 15 is 0 Å². The Morgan fingerprint density at radius 2 is 1.83 bits per heavy atom. The van der Waals surface area contributed by atoms with Crippen LogP contribution in [0.15, 0.2) is 24.3 Å². The molecular formula is C15H22N2O. The second kappa shape index (κ2) is 6.66. The van der Waals surface area contributed by atoms with E-state index in [-0.39, 0.29) is 6.04 Å². The minimum atomic E-state index is -0.0747. The fraction of sp³-hybridized carbons (Fsp3) is 0.533. The third-order valence-electron chi connectivity index (χ3n) is 3.46. The van der Waals surface area contributed by atoms with Crippen molar-refractivity contribution < 1.29 is 4.79 Å². The van der Waals surface area contributed by atoms with Crippen LogP contribution >= 0.6 is 0 Å². The molecule has 1 heterocycles. The van der Waals surface area contributed by atoms with Crippen molar-refractivity contribution >= 4 is 6.29 Å². The maximum Gasteiger partial charge on any atom is 0.136 e. The van der Waals surface area contributed by atoms with Gasteiger partial charge in [-0.3, -0.25) is 4.90 Å². The molecule has 1 aliphatic heterocycles. The summed E-state index contributed by atoms with van der Waals surface area (Å²) in [6.07, 6.45) is 3.61. The molecule has 3 nitrogen and oxygen atoms in total. The van der Waals surface area contributed by atoms with Crippen LogP contribution in [0.2, 0.25) is 0 Å². The second-order valence-corrected chi connectivity index (χ2v) is 5.11. The van der Waals surface area contributed by atoms with Crippen molar-refractivity contribution in [1.82, 2.24) is 10.2 Å². The number of benzene rings is 1. The third-order valence-corrected chi connectivity index (χ3v) is 3.46. The number of nitrogens with zero attached hydrogens (tertiary/aromatic N) is 1. The smallest absolute Gasteiger partial charge is 0.136 e. The highest BCUT2D eigenvalue weighted by atomic mass is 16.1. The largest absolute Gasteiger partial charge is 0.304 e. The molecule has 18 heavy (non-hydrogen) atoms. The lowest BCUT2D eigenvalue weighted by Gasteiger charge is -2.15. The van der Waals surface area contributed by atoms with Gasteiger partial charge in [0.15, 0.2) is 0 Å². The van der Waals surface area contributed by atoms with E-state index in [2.05, 4.69) is 34.5 Å². The van der Waals surface area contributed by atoms with Crippen LogP contribution < -0.4 is 5.32 Å². The van der Waals surface area contributed by atoms with Gasteiger partial charge in [0.05, 0.1) is 6.04 Å². The average Bonchev–Trinajstić information content (AvgIpc) is 2.90. The number of carbonyl (C=O) groups is 1.